The van der Waals surface area contributed by atoms with Crippen molar-refractivity contribution < 1.29 is 9.90 Å². The zero-order valence-corrected chi connectivity index (χ0v) is 12.9. The lowest BCUT2D eigenvalue weighted by Gasteiger charge is -2.47. The molecule has 0 radical (unpaired) electrons. The average molecular weight is 314 g/mol. The minimum Gasteiger partial charge on any atom is -0.508 e. The molecular weight excluding hydrogens is 296 g/mol. The molecule has 1 aliphatic rings. The summed E-state index contributed by atoms with van der Waals surface area (Å²) < 4.78 is 0. The zero-order chi connectivity index (χ0) is 15.5. The molecule has 3 N–H and O–H groups in total. The largest absolute Gasteiger partial charge is 0.508 e. The van der Waals surface area contributed by atoms with Crippen molar-refractivity contribution in [3.05, 3.63) is 60.2 Å². The van der Waals surface area contributed by atoms with Crippen LogP contribution in [0.1, 0.15) is 11.6 Å². The van der Waals surface area contributed by atoms with Gasteiger partial charge in [-0.1, -0.05) is 30.3 Å². The molecule has 22 heavy (non-hydrogen) atoms. The third-order valence-corrected chi connectivity index (χ3v) is 5.02. The maximum Gasteiger partial charge on any atom is 0.243 e. The molecule has 2 atom stereocenters. The Morgan fingerprint density at radius 2 is 1.77 bits per heavy atom. The Morgan fingerprint density at radius 3 is 2.41 bits per heavy atom. The van der Waals surface area contributed by atoms with E-state index in [9.17, 15) is 9.90 Å². The van der Waals surface area contributed by atoms with Gasteiger partial charge >= 0.3 is 0 Å². The Kier molecular flexibility index (Phi) is 4.36. The van der Waals surface area contributed by atoms with Crippen molar-refractivity contribution in [1.82, 2.24) is 0 Å². The second-order valence-electron chi connectivity index (χ2n) is 5.16. The fourth-order valence-electron chi connectivity index (χ4n) is 2.69. The second kappa shape index (κ2) is 6.42. The number of hydrogen-bond donors (Lipinski definition) is 2. The van der Waals surface area contributed by atoms with E-state index in [0.29, 0.717) is 6.54 Å². The number of thioether (sulfide) groups is 1. The first-order valence-electron chi connectivity index (χ1n) is 7.21. The number of carbonyl (C=O) groups excluding carboxylic acids is 1. The Bertz CT molecular complexity index is 645. The van der Waals surface area contributed by atoms with E-state index in [1.54, 1.807) is 23.9 Å². The number of amides is 1. The fraction of sp³-hybridized carbons (Fsp3) is 0.235. The van der Waals surface area contributed by atoms with Crippen LogP contribution in [0, 0.1) is 0 Å². The van der Waals surface area contributed by atoms with Gasteiger partial charge in [0.2, 0.25) is 5.91 Å². The van der Waals surface area contributed by atoms with Gasteiger partial charge < -0.3 is 15.7 Å². The number of para-hydroxylation sites is 1. The number of phenolic OH excluding ortho intramolecular Hbond substituents is 1. The van der Waals surface area contributed by atoms with E-state index in [1.807, 2.05) is 47.4 Å². The van der Waals surface area contributed by atoms with Crippen LogP contribution in [0.4, 0.5) is 5.69 Å². The van der Waals surface area contributed by atoms with Crippen LogP contribution in [0.15, 0.2) is 54.6 Å². The summed E-state index contributed by atoms with van der Waals surface area (Å²) >= 11 is 1.60. The Morgan fingerprint density at radius 1 is 1.09 bits per heavy atom. The molecule has 5 heteroatoms. The SMILES string of the molecule is NCCS[C@H]1C(=O)N(c2ccccc2)[C@@H]1c1ccc(O)cc1. The molecule has 1 fully saturated rings. The number of anilines is 1. The monoisotopic (exact) mass is 314 g/mol. The van der Waals surface area contributed by atoms with E-state index in [-0.39, 0.29) is 22.9 Å². The highest BCUT2D eigenvalue weighted by Gasteiger charge is 2.48. The van der Waals surface area contributed by atoms with Crippen LogP contribution in [0.2, 0.25) is 0 Å². The lowest BCUT2D eigenvalue weighted by Crippen LogP contribution is -2.57. The van der Waals surface area contributed by atoms with Gasteiger partial charge in [0.05, 0.1) is 6.04 Å². The van der Waals surface area contributed by atoms with Crippen LogP contribution >= 0.6 is 11.8 Å². The number of benzene rings is 2. The summed E-state index contributed by atoms with van der Waals surface area (Å²) in [6, 6.07) is 16.7. The van der Waals surface area contributed by atoms with E-state index in [1.165, 1.54) is 0 Å². The molecule has 0 spiro atoms. The predicted molar refractivity (Wildman–Crippen MR) is 90.1 cm³/mol. The first kappa shape index (κ1) is 14.9. The van der Waals surface area contributed by atoms with Crippen molar-refractivity contribution in [2.75, 3.05) is 17.2 Å². The standard InChI is InChI=1S/C17H18N2O2S/c18-10-11-22-16-15(12-6-8-14(20)9-7-12)19(17(16)21)13-4-2-1-3-5-13/h1-9,15-16,20H,10-11,18H2/t15-,16-/m1/s1. The van der Waals surface area contributed by atoms with Crippen LogP contribution < -0.4 is 10.6 Å². The van der Waals surface area contributed by atoms with Gasteiger partial charge in [-0.3, -0.25) is 4.79 Å². The van der Waals surface area contributed by atoms with Crippen molar-refractivity contribution in [3.63, 3.8) is 0 Å². The van der Waals surface area contributed by atoms with E-state index < -0.39 is 0 Å². The summed E-state index contributed by atoms with van der Waals surface area (Å²) in [5.74, 6) is 1.10. The maximum atomic E-state index is 12.5. The number of β-lactam (4-membered cyclic amide) rings is 1. The molecular formula is C17H18N2O2S. The molecule has 1 aliphatic heterocycles. The summed E-state index contributed by atoms with van der Waals surface area (Å²) in [5, 5.41) is 9.35. The summed E-state index contributed by atoms with van der Waals surface area (Å²) in [6.07, 6.45) is 0. The van der Waals surface area contributed by atoms with Crippen LogP contribution in [-0.4, -0.2) is 28.6 Å². The van der Waals surface area contributed by atoms with Crippen molar-refractivity contribution in [1.29, 1.82) is 0 Å². The maximum absolute atomic E-state index is 12.5. The lowest BCUT2D eigenvalue weighted by atomic mass is 9.92. The number of carbonyl (C=O) groups is 1. The fourth-order valence-corrected chi connectivity index (χ4v) is 3.80. The summed E-state index contributed by atoms with van der Waals surface area (Å²) in [6.45, 7) is 0.558. The molecule has 0 unspecified atom stereocenters. The highest BCUT2D eigenvalue weighted by molar-refractivity contribution is 8.00. The van der Waals surface area contributed by atoms with E-state index in [0.717, 1.165) is 17.0 Å². The number of phenols is 1. The van der Waals surface area contributed by atoms with Gasteiger partial charge in [-0.05, 0) is 29.8 Å². The van der Waals surface area contributed by atoms with Crippen LogP contribution in [0.5, 0.6) is 5.75 Å². The minimum atomic E-state index is -0.117. The molecule has 0 saturated carbocycles. The number of nitrogens with zero attached hydrogens (tertiary/aromatic N) is 1. The molecule has 114 valence electrons. The van der Waals surface area contributed by atoms with Crippen LogP contribution in [0.25, 0.3) is 0 Å². The molecule has 0 aliphatic carbocycles. The number of nitrogens with two attached hydrogens (primary N) is 1. The summed E-state index contributed by atoms with van der Waals surface area (Å²) in [4.78, 5) is 14.4. The van der Waals surface area contributed by atoms with Gasteiger partial charge in [-0.25, -0.2) is 0 Å². The smallest absolute Gasteiger partial charge is 0.243 e. The van der Waals surface area contributed by atoms with Gasteiger partial charge in [0.25, 0.3) is 0 Å². The molecule has 1 heterocycles. The summed E-state index contributed by atoms with van der Waals surface area (Å²) in [5.41, 5.74) is 7.49. The van der Waals surface area contributed by atoms with Crippen molar-refractivity contribution in [2.24, 2.45) is 5.73 Å². The topological polar surface area (TPSA) is 66.6 Å². The first-order chi connectivity index (χ1) is 10.7. The normalized spacial score (nSPS) is 20.8. The molecule has 2 aromatic rings. The molecule has 1 saturated heterocycles. The third kappa shape index (κ3) is 2.69. The quantitative estimate of drug-likeness (QED) is 0.832. The van der Waals surface area contributed by atoms with E-state index >= 15 is 0 Å². The lowest BCUT2D eigenvalue weighted by molar-refractivity contribution is -0.123. The molecule has 0 aromatic heterocycles. The van der Waals surface area contributed by atoms with Gasteiger partial charge in [0.1, 0.15) is 11.0 Å². The zero-order valence-electron chi connectivity index (χ0n) is 12.1. The minimum absolute atomic E-state index is 0.0213. The highest BCUT2D eigenvalue weighted by atomic mass is 32.2. The summed E-state index contributed by atoms with van der Waals surface area (Å²) in [7, 11) is 0. The van der Waals surface area contributed by atoms with Crippen molar-refractivity contribution >= 4 is 23.4 Å². The molecule has 3 rings (SSSR count). The van der Waals surface area contributed by atoms with Crippen LogP contribution in [-0.2, 0) is 4.79 Å². The first-order valence-corrected chi connectivity index (χ1v) is 8.26. The van der Waals surface area contributed by atoms with Gasteiger partial charge in [-0.15, -0.1) is 11.8 Å². The number of aromatic hydroxyl groups is 1. The molecule has 1 amide bonds. The van der Waals surface area contributed by atoms with Crippen molar-refractivity contribution in [2.45, 2.75) is 11.3 Å². The number of rotatable bonds is 5. The van der Waals surface area contributed by atoms with Gasteiger partial charge in [0.15, 0.2) is 0 Å². The average Bonchev–Trinajstić information content (AvgIpc) is 2.55. The number of hydrogen-bond acceptors (Lipinski definition) is 4. The van der Waals surface area contributed by atoms with E-state index in [4.69, 9.17) is 5.73 Å². The molecule has 2 aromatic carbocycles. The second-order valence-corrected chi connectivity index (χ2v) is 6.41. The predicted octanol–water partition coefficient (Wildman–Crippen LogP) is 2.54. The Labute approximate surface area is 133 Å². The molecule has 4 nitrogen and oxygen atoms in total. The van der Waals surface area contributed by atoms with Gasteiger partial charge in [-0.2, -0.15) is 0 Å². The van der Waals surface area contributed by atoms with Crippen LogP contribution in [0.3, 0.4) is 0 Å². The molecule has 0 bridgehead atoms. The highest BCUT2D eigenvalue weighted by Crippen LogP contribution is 2.45. The Hall–Kier alpha value is -1.98. The third-order valence-electron chi connectivity index (χ3n) is 3.73. The van der Waals surface area contributed by atoms with Gasteiger partial charge in [0, 0.05) is 18.0 Å². The Balaban J connectivity index is 1.92. The van der Waals surface area contributed by atoms with Crippen molar-refractivity contribution in [3.8, 4) is 5.75 Å². The van der Waals surface area contributed by atoms with E-state index in [2.05, 4.69) is 0 Å².